The highest BCUT2D eigenvalue weighted by atomic mass is 35.5. The van der Waals surface area contributed by atoms with Crippen LogP contribution < -0.4 is 14.8 Å². The molecule has 0 aliphatic heterocycles. The number of carbonyl (C=O) groups excluding carboxylic acids is 2. The molecule has 2 amide bonds. The highest BCUT2D eigenvalue weighted by Gasteiger charge is 2.25. The lowest BCUT2D eigenvalue weighted by molar-refractivity contribution is 0.0552. The number of urea groups is 1. The molecule has 2 N–H and O–H groups in total. The summed E-state index contributed by atoms with van der Waals surface area (Å²) in [6, 6.07) is 5.65. The monoisotopic (exact) mass is 452 g/mol. The lowest BCUT2D eigenvalue weighted by atomic mass is 10.2. The second kappa shape index (κ2) is 10.4. The molecule has 0 unspecified atom stereocenters. The Labute approximate surface area is 178 Å². The summed E-state index contributed by atoms with van der Waals surface area (Å²) in [4.78, 5) is 31.8. The van der Waals surface area contributed by atoms with Gasteiger partial charge in [-0.3, -0.25) is 5.32 Å². The number of aryl methyl sites for hydroxylation is 1. The molecule has 0 saturated carbocycles. The van der Waals surface area contributed by atoms with Gasteiger partial charge in [-0.1, -0.05) is 24.0 Å². The molecule has 12 heteroatoms. The minimum Gasteiger partial charge on any atom is -0.481 e. The molecule has 1 aromatic heterocycles. The molecule has 0 aliphatic rings. The topological polar surface area (TPSA) is 137 Å². The van der Waals surface area contributed by atoms with E-state index in [1.165, 1.54) is 31.4 Å². The molecule has 10 nitrogen and oxygen atoms in total. The maximum absolute atomic E-state index is 12.6. The van der Waals surface area contributed by atoms with Crippen LogP contribution in [0.15, 0.2) is 35.2 Å². The molecule has 30 heavy (non-hydrogen) atoms. The SMILES string of the molecule is COc1cc(C)nc(NC(=O)NS(=O)(=O)c2ccccc2C(=O)OCC#CCCl)n1. The zero-order valence-electron chi connectivity index (χ0n) is 15.9. The van der Waals surface area contributed by atoms with Gasteiger partial charge in [0.15, 0.2) is 6.61 Å². The van der Waals surface area contributed by atoms with E-state index in [2.05, 4.69) is 27.1 Å². The van der Waals surface area contributed by atoms with Gasteiger partial charge in [0.25, 0.3) is 10.0 Å². The predicted molar refractivity (Wildman–Crippen MR) is 108 cm³/mol. The Balaban J connectivity index is 2.18. The molecule has 0 fully saturated rings. The standard InChI is InChI=1S/C18H17ClN4O6S/c1-12-11-15(28-2)21-17(20-12)22-18(25)23-30(26,27)14-8-4-3-7-13(14)16(24)29-10-6-5-9-19/h3-4,7-8,11H,9-10H2,1-2H3,(H2,20,21,22,23,25). The third-order valence-corrected chi connectivity index (χ3v) is 4.88. The predicted octanol–water partition coefficient (Wildman–Crippen LogP) is 1.70. The summed E-state index contributed by atoms with van der Waals surface area (Å²) in [5.41, 5.74) is 0.226. The van der Waals surface area contributed by atoms with Crippen molar-refractivity contribution in [1.29, 1.82) is 0 Å². The summed E-state index contributed by atoms with van der Waals surface area (Å²) >= 11 is 5.40. The Morgan fingerprint density at radius 1 is 1.20 bits per heavy atom. The number of methoxy groups -OCH3 is 1. The third kappa shape index (κ3) is 6.33. The van der Waals surface area contributed by atoms with Crippen LogP contribution in [-0.2, 0) is 14.8 Å². The van der Waals surface area contributed by atoms with Crippen LogP contribution in [0.4, 0.5) is 10.7 Å². The number of amides is 2. The van der Waals surface area contributed by atoms with Crippen molar-refractivity contribution < 1.29 is 27.5 Å². The summed E-state index contributed by atoms with van der Waals surface area (Å²) in [6.45, 7) is 1.38. The lowest BCUT2D eigenvalue weighted by Gasteiger charge is -2.11. The maximum Gasteiger partial charge on any atom is 0.340 e. The number of aromatic nitrogens is 2. The molecule has 2 aromatic rings. The average molecular weight is 453 g/mol. The van der Waals surface area contributed by atoms with E-state index >= 15 is 0 Å². The van der Waals surface area contributed by atoms with Crippen LogP contribution in [0.2, 0.25) is 0 Å². The molecule has 0 spiro atoms. The van der Waals surface area contributed by atoms with Gasteiger partial charge in [-0.15, -0.1) is 11.6 Å². The highest BCUT2D eigenvalue weighted by molar-refractivity contribution is 7.90. The van der Waals surface area contributed by atoms with Crippen molar-refractivity contribution in [3.8, 4) is 17.7 Å². The number of carbonyl (C=O) groups is 2. The largest absolute Gasteiger partial charge is 0.481 e. The maximum atomic E-state index is 12.6. The number of nitrogens with one attached hydrogen (secondary N) is 2. The third-order valence-electron chi connectivity index (χ3n) is 3.36. The molecule has 158 valence electrons. The van der Waals surface area contributed by atoms with Crippen molar-refractivity contribution >= 4 is 39.6 Å². The fraction of sp³-hybridized carbons (Fsp3) is 0.222. The first-order valence-corrected chi connectivity index (χ1v) is 10.3. The average Bonchev–Trinajstić information content (AvgIpc) is 2.70. The summed E-state index contributed by atoms with van der Waals surface area (Å²) in [5.74, 6) is 4.15. The molecule has 2 rings (SSSR count). The van der Waals surface area contributed by atoms with Crippen LogP contribution >= 0.6 is 11.6 Å². The van der Waals surface area contributed by atoms with Crippen LogP contribution in [-0.4, -0.2) is 50.0 Å². The molecule has 0 atom stereocenters. The molecule has 0 aliphatic carbocycles. The van der Waals surface area contributed by atoms with E-state index < -0.39 is 26.9 Å². The number of hydrogen-bond donors (Lipinski definition) is 2. The summed E-state index contributed by atoms with van der Waals surface area (Å²) < 4.78 is 36.9. The van der Waals surface area contributed by atoms with Crippen LogP contribution in [0.25, 0.3) is 0 Å². The fourth-order valence-corrected chi connectivity index (χ4v) is 3.35. The smallest absolute Gasteiger partial charge is 0.340 e. The van der Waals surface area contributed by atoms with Crippen LogP contribution in [0, 0.1) is 18.8 Å². The van der Waals surface area contributed by atoms with Gasteiger partial charge in [0.1, 0.15) is 4.90 Å². The summed E-state index contributed by atoms with van der Waals surface area (Å²) in [6.07, 6.45) is 0. The Bertz CT molecular complexity index is 1110. The van der Waals surface area contributed by atoms with E-state index in [1.54, 1.807) is 11.6 Å². The Morgan fingerprint density at radius 2 is 1.93 bits per heavy atom. The van der Waals surface area contributed by atoms with Crippen LogP contribution in [0.5, 0.6) is 5.88 Å². The number of sulfonamides is 1. The van der Waals surface area contributed by atoms with Gasteiger partial charge in [-0.05, 0) is 19.1 Å². The van der Waals surface area contributed by atoms with Crippen LogP contribution in [0.3, 0.4) is 0 Å². The second-order valence-electron chi connectivity index (χ2n) is 5.49. The van der Waals surface area contributed by atoms with Crippen molar-refractivity contribution in [1.82, 2.24) is 14.7 Å². The van der Waals surface area contributed by atoms with Gasteiger partial charge in [0, 0.05) is 11.8 Å². The molecule has 1 heterocycles. The number of rotatable bonds is 6. The number of esters is 1. The number of ether oxygens (including phenoxy) is 2. The molecule has 0 bridgehead atoms. The first-order chi connectivity index (χ1) is 14.3. The lowest BCUT2D eigenvalue weighted by Crippen LogP contribution is -2.35. The second-order valence-corrected chi connectivity index (χ2v) is 7.41. The van der Waals surface area contributed by atoms with E-state index in [9.17, 15) is 18.0 Å². The summed E-state index contributed by atoms with van der Waals surface area (Å²) in [7, 11) is -3.04. The van der Waals surface area contributed by atoms with Gasteiger partial charge < -0.3 is 9.47 Å². The number of anilines is 1. The normalized spacial score (nSPS) is 10.4. The van der Waals surface area contributed by atoms with Crippen molar-refractivity contribution in [2.45, 2.75) is 11.8 Å². The zero-order valence-corrected chi connectivity index (χ0v) is 17.5. The van der Waals surface area contributed by atoms with Gasteiger partial charge in [0.2, 0.25) is 11.8 Å². The van der Waals surface area contributed by atoms with Crippen molar-refractivity contribution in [2.75, 3.05) is 24.9 Å². The van der Waals surface area contributed by atoms with Gasteiger partial charge in [-0.25, -0.2) is 27.7 Å². The summed E-state index contributed by atoms with van der Waals surface area (Å²) in [5, 5.41) is 2.20. The van der Waals surface area contributed by atoms with Gasteiger partial charge >= 0.3 is 12.0 Å². The minimum atomic E-state index is -4.42. The Kier molecular flexibility index (Phi) is 7.97. The van der Waals surface area contributed by atoms with Gasteiger partial charge in [-0.2, -0.15) is 4.98 Å². The van der Waals surface area contributed by atoms with E-state index in [-0.39, 0.29) is 29.9 Å². The van der Waals surface area contributed by atoms with Crippen molar-refractivity contribution in [3.63, 3.8) is 0 Å². The molecular weight excluding hydrogens is 436 g/mol. The number of halogens is 1. The number of benzene rings is 1. The molecular formula is C18H17ClN4O6S. The molecule has 1 aromatic carbocycles. The number of hydrogen-bond acceptors (Lipinski definition) is 8. The fourth-order valence-electron chi connectivity index (χ4n) is 2.15. The van der Waals surface area contributed by atoms with E-state index in [1.807, 2.05) is 0 Å². The number of alkyl halides is 1. The Hall–Kier alpha value is -3.36. The molecule has 0 saturated heterocycles. The first kappa shape index (κ1) is 22.9. The van der Waals surface area contributed by atoms with Crippen molar-refractivity contribution in [2.24, 2.45) is 0 Å². The van der Waals surface area contributed by atoms with E-state index in [0.29, 0.717) is 5.69 Å². The quantitative estimate of drug-likeness (QED) is 0.384. The van der Waals surface area contributed by atoms with E-state index in [4.69, 9.17) is 21.1 Å². The van der Waals surface area contributed by atoms with Crippen LogP contribution in [0.1, 0.15) is 16.1 Å². The minimum absolute atomic E-state index is 0.0675. The van der Waals surface area contributed by atoms with Crippen molar-refractivity contribution in [3.05, 3.63) is 41.6 Å². The number of nitrogens with zero attached hydrogens (tertiary/aromatic N) is 2. The highest BCUT2D eigenvalue weighted by Crippen LogP contribution is 2.17. The van der Waals surface area contributed by atoms with E-state index in [0.717, 1.165) is 6.07 Å². The molecule has 0 radical (unpaired) electrons. The first-order valence-electron chi connectivity index (χ1n) is 8.28. The zero-order chi connectivity index (χ0) is 22.1. The van der Waals surface area contributed by atoms with Gasteiger partial charge in [0.05, 0.1) is 18.6 Å². The Morgan fingerprint density at radius 3 is 2.63 bits per heavy atom.